The van der Waals surface area contributed by atoms with Crippen LogP contribution < -0.4 is 9.80 Å². The minimum Gasteiger partial charge on any atom is -0.378 e. The number of aromatic nitrogens is 4. The molecular formula is C20H26N6OS. The highest BCUT2D eigenvalue weighted by atomic mass is 32.1. The van der Waals surface area contributed by atoms with E-state index in [2.05, 4.69) is 52.0 Å². The van der Waals surface area contributed by atoms with Crippen molar-refractivity contribution in [1.82, 2.24) is 19.9 Å². The summed E-state index contributed by atoms with van der Waals surface area (Å²) in [7, 11) is 1.70. The molecule has 0 bridgehead atoms. The summed E-state index contributed by atoms with van der Waals surface area (Å²) in [5, 5.41) is 2.07. The van der Waals surface area contributed by atoms with Gasteiger partial charge in [0.25, 0.3) is 0 Å². The van der Waals surface area contributed by atoms with Crippen LogP contribution in [0.3, 0.4) is 0 Å². The van der Waals surface area contributed by atoms with E-state index in [1.807, 2.05) is 6.07 Å². The minimum absolute atomic E-state index is 0.105. The molecule has 1 saturated heterocycles. The molecule has 0 radical (unpaired) electrons. The number of anilines is 2. The predicted molar refractivity (Wildman–Crippen MR) is 113 cm³/mol. The highest BCUT2D eigenvalue weighted by Gasteiger charge is 2.24. The average molecular weight is 399 g/mol. The molecule has 148 valence electrons. The quantitative estimate of drug-likeness (QED) is 0.668. The first kappa shape index (κ1) is 19.0. The van der Waals surface area contributed by atoms with Crippen LogP contribution in [0.5, 0.6) is 0 Å². The Morgan fingerprint density at radius 2 is 1.82 bits per heavy atom. The smallest absolute Gasteiger partial charge is 0.150 e. The van der Waals surface area contributed by atoms with Crippen LogP contribution in [-0.2, 0) is 16.8 Å². The van der Waals surface area contributed by atoms with Crippen molar-refractivity contribution in [3.63, 3.8) is 0 Å². The number of ether oxygens (including phenoxy) is 1. The van der Waals surface area contributed by atoms with E-state index in [1.165, 1.54) is 0 Å². The van der Waals surface area contributed by atoms with Gasteiger partial charge in [-0.3, -0.25) is 0 Å². The summed E-state index contributed by atoms with van der Waals surface area (Å²) in [6.45, 7) is 10.5. The molecule has 3 aromatic heterocycles. The van der Waals surface area contributed by atoms with Gasteiger partial charge in [0.2, 0.25) is 0 Å². The summed E-state index contributed by atoms with van der Waals surface area (Å²) in [4.78, 5) is 23.1. The number of hydrogen-bond donors (Lipinski definition) is 0. The lowest BCUT2D eigenvalue weighted by Crippen LogP contribution is -2.47. The Hall–Kier alpha value is -2.32. The van der Waals surface area contributed by atoms with Crippen LogP contribution in [0.1, 0.15) is 32.3 Å². The Labute approximate surface area is 169 Å². The molecule has 1 aliphatic heterocycles. The summed E-state index contributed by atoms with van der Waals surface area (Å²) in [5.41, 5.74) is 1.84. The molecule has 8 heteroatoms. The van der Waals surface area contributed by atoms with Crippen LogP contribution in [0.4, 0.5) is 11.6 Å². The van der Waals surface area contributed by atoms with E-state index in [0.29, 0.717) is 6.61 Å². The van der Waals surface area contributed by atoms with Gasteiger partial charge in [-0.1, -0.05) is 20.8 Å². The van der Waals surface area contributed by atoms with Crippen molar-refractivity contribution in [2.24, 2.45) is 0 Å². The van der Waals surface area contributed by atoms with E-state index in [-0.39, 0.29) is 5.41 Å². The van der Waals surface area contributed by atoms with E-state index in [9.17, 15) is 0 Å². The Morgan fingerprint density at radius 1 is 1.07 bits per heavy atom. The normalized spacial score (nSPS) is 15.4. The zero-order valence-electron chi connectivity index (χ0n) is 16.8. The fourth-order valence-electron chi connectivity index (χ4n) is 3.35. The van der Waals surface area contributed by atoms with Crippen LogP contribution in [0.15, 0.2) is 23.8 Å². The maximum absolute atomic E-state index is 5.32. The van der Waals surface area contributed by atoms with Crippen molar-refractivity contribution >= 4 is 33.2 Å². The van der Waals surface area contributed by atoms with E-state index in [1.54, 1.807) is 24.8 Å². The van der Waals surface area contributed by atoms with Crippen LogP contribution >= 0.6 is 11.3 Å². The lowest BCUT2D eigenvalue weighted by Gasteiger charge is -2.36. The van der Waals surface area contributed by atoms with Crippen molar-refractivity contribution in [3.05, 3.63) is 35.4 Å². The average Bonchev–Trinajstić information content (AvgIpc) is 3.16. The molecule has 0 unspecified atom stereocenters. The van der Waals surface area contributed by atoms with Gasteiger partial charge in [0, 0.05) is 44.8 Å². The second-order valence-corrected chi connectivity index (χ2v) is 8.95. The van der Waals surface area contributed by atoms with E-state index >= 15 is 0 Å². The topological polar surface area (TPSA) is 67.3 Å². The molecule has 0 spiro atoms. The lowest BCUT2D eigenvalue weighted by molar-refractivity contribution is 0.181. The Kier molecular flexibility index (Phi) is 5.16. The first-order valence-electron chi connectivity index (χ1n) is 9.51. The second-order valence-electron chi connectivity index (χ2n) is 8.03. The van der Waals surface area contributed by atoms with Gasteiger partial charge in [0.1, 0.15) is 23.8 Å². The van der Waals surface area contributed by atoms with Crippen LogP contribution in [0.25, 0.3) is 10.2 Å². The van der Waals surface area contributed by atoms with Gasteiger partial charge in [-0.2, -0.15) is 0 Å². The second kappa shape index (κ2) is 7.60. The summed E-state index contributed by atoms with van der Waals surface area (Å²) in [5.74, 6) is 2.88. The molecule has 0 atom stereocenters. The van der Waals surface area contributed by atoms with E-state index < -0.39 is 0 Å². The van der Waals surface area contributed by atoms with Crippen LogP contribution in [0, 0.1) is 0 Å². The minimum atomic E-state index is -0.105. The molecule has 1 aliphatic rings. The zero-order chi connectivity index (χ0) is 19.7. The first-order chi connectivity index (χ1) is 13.5. The monoisotopic (exact) mass is 398 g/mol. The lowest BCUT2D eigenvalue weighted by atomic mass is 9.95. The Balaban J connectivity index is 1.55. The maximum Gasteiger partial charge on any atom is 0.150 e. The van der Waals surface area contributed by atoms with Crippen LogP contribution in [0.2, 0.25) is 0 Å². The van der Waals surface area contributed by atoms with Gasteiger partial charge >= 0.3 is 0 Å². The van der Waals surface area contributed by atoms with Crippen molar-refractivity contribution < 1.29 is 4.74 Å². The van der Waals surface area contributed by atoms with Gasteiger partial charge in [0.15, 0.2) is 0 Å². The third kappa shape index (κ3) is 3.79. The fraction of sp³-hybridized carbons (Fsp3) is 0.500. The zero-order valence-corrected chi connectivity index (χ0v) is 17.7. The molecule has 0 aromatic carbocycles. The van der Waals surface area contributed by atoms with Gasteiger partial charge < -0.3 is 14.5 Å². The summed E-state index contributed by atoms with van der Waals surface area (Å²) in [6, 6.07) is 4.10. The Bertz CT molecular complexity index is 959. The standard InChI is InChI=1S/C20H26N6OS/c1-20(2,3)19-23-14(12-27-4)11-16(24-19)25-6-8-26(9-7-25)18-17-15(5-10-28-17)21-13-22-18/h5,10-11,13H,6-9,12H2,1-4H3. The van der Waals surface area contributed by atoms with Gasteiger partial charge in [-0.05, 0) is 11.4 Å². The van der Waals surface area contributed by atoms with Crippen LogP contribution in [-0.4, -0.2) is 53.2 Å². The molecule has 0 aliphatic carbocycles. The SMILES string of the molecule is COCc1cc(N2CCN(c3ncnc4ccsc34)CC2)nc(C(C)(C)C)n1. The molecule has 0 saturated carbocycles. The highest BCUT2D eigenvalue weighted by Crippen LogP contribution is 2.29. The summed E-state index contributed by atoms with van der Waals surface area (Å²) in [6.07, 6.45) is 1.66. The molecule has 1 fully saturated rings. The summed E-state index contributed by atoms with van der Waals surface area (Å²) >= 11 is 1.70. The van der Waals surface area contributed by atoms with Crippen molar-refractivity contribution in [2.75, 3.05) is 43.1 Å². The first-order valence-corrected chi connectivity index (χ1v) is 10.4. The largest absolute Gasteiger partial charge is 0.378 e. The molecule has 4 heterocycles. The Morgan fingerprint density at radius 3 is 2.54 bits per heavy atom. The van der Waals surface area contributed by atoms with Gasteiger partial charge in [0.05, 0.1) is 22.5 Å². The third-order valence-corrected chi connectivity index (χ3v) is 5.76. The van der Waals surface area contributed by atoms with E-state index in [0.717, 1.165) is 59.5 Å². The predicted octanol–water partition coefficient (Wildman–Crippen LogP) is 3.25. The van der Waals surface area contributed by atoms with Gasteiger partial charge in [-0.25, -0.2) is 19.9 Å². The molecule has 0 amide bonds. The highest BCUT2D eigenvalue weighted by molar-refractivity contribution is 7.17. The molecular weight excluding hydrogens is 372 g/mol. The number of rotatable bonds is 4. The number of fused-ring (bicyclic) bond motifs is 1. The fourth-order valence-corrected chi connectivity index (χ4v) is 4.21. The molecule has 3 aromatic rings. The third-order valence-electron chi connectivity index (χ3n) is 4.86. The summed E-state index contributed by atoms with van der Waals surface area (Å²) < 4.78 is 6.48. The number of piperazine rings is 1. The number of thiophene rings is 1. The molecule has 7 nitrogen and oxygen atoms in total. The number of nitrogens with zero attached hydrogens (tertiary/aromatic N) is 6. The molecule has 4 rings (SSSR count). The van der Waals surface area contributed by atoms with Gasteiger partial charge in [-0.15, -0.1) is 11.3 Å². The van der Waals surface area contributed by atoms with E-state index in [4.69, 9.17) is 14.7 Å². The number of methoxy groups -OCH3 is 1. The van der Waals surface area contributed by atoms with Crippen molar-refractivity contribution in [3.8, 4) is 0 Å². The van der Waals surface area contributed by atoms with Crippen molar-refractivity contribution in [2.45, 2.75) is 32.8 Å². The number of hydrogen-bond acceptors (Lipinski definition) is 8. The van der Waals surface area contributed by atoms with Crippen molar-refractivity contribution in [1.29, 1.82) is 0 Å². The maximum atomic E-state index is 5.32. The molecule has 28 heavy (non-hydrogen) atoms. The molecule has 0 N–H and O–H groups in total.